The molecule has 1 saturated heterocycles. The van der Waals surface area contributed by atoms with E-state index in [1.165, 1.54) is 18.9 Å². The molecule has 1 aliphatic heterocycles. The van der Waals surface area contributed by atoms with Crippen molar-refractivity contribution in [1.29, 1.82) is 0 Å². The van der Waals surface area contributed by atoms with Crippen LogP contribution >= 0.6 is 0 Å². The average molecular weight is 208 g/mol. The molecule has 0 aromatic carbocycles. The third kappa shape index (κ3) is 2.58. The highest BCUT2D eigenvalue weighted by Crippen LogP contribution is 2.07. The Labute approximate surface area is 91.5 Å². The van der Waals surface area contributed by atoms with Crippen molar-refractivity contribution in [1.82, 2.24) is 19.4 Å². The zero-order valence-electron chi connectivity index (χ0n) is 9.90. The molecule has 1 fully saturated rings. The number of imidazole rings is 1. The normalized spacial score (nSPS) is 19.7. The molecule has 0 bridgehead atoms. The van der Waals surface area contributed by atoms with Gasteiger partial charge in [-0.15, -0.1) is 0 Å². The van der Waals surface area contributed by atoms with Crippen LogP contribution in [0.15, 0.2) is 6.20 Å². The van der Waals surface area contributed by atoms with Crippen LogP contribution in [0.25, 0.3) is 0 Å². The van der Waals surface area contributed by atoms with Crippen molar-refractivity contribution in [2.75, 3.05) is 33.2 Å². The highest BCUT2D eigenvalue weighted by Gasteiger charge is 2.15. The third-order valence-electron chi connectivity index (χ3n) is 3.05. The summed E-state index contributed by atoms with van der Waals surface area (Å²) in [6.07, 6.45) is 2.09. The van der Waals surface area contributed by atoms with Crippen LogP contribution in [0.3, 0.4) is 0 Å². The van der Waals surface area contributed by atoms with Gasteiger partial charge < -0.3 is 9.47 Å². The monoisotopic (exact) mass is 208 g/mol. The molecule has 0 aliphatic carbocycles. The summed E-state index contributed by atoms with van der Waals surface area (Å²) >= 11 is 0. The summed E-state index contributed by atoms with van der Waals surface area (Å²) in [7, 11) is 4.26. The molecule has 84 valence electrons. The molecule has 0 amide bonds. The van der Waals surface area contributed by atoms with Gasteiger partial charge in [0.15, 0.2) is 0 Å². The molecule has 2 heterocycles. The Balaban J connectivity index is 1.94. The first-order chi connectivity index (χ1) is 7.15. The molecule has 0 atom stereocenters. The largest absolute Gasteiger partial charge is 0.337 e. The van der Waals surface area contributed by atoms with E-state index in [1.54, 1.807) is 0 Å². The topological polar surface area (TPSA) is 24.3 Å². The summed E-state index contributed by atoms with van der Waals surface area (Å²) in [6, 6.07) is 0. The fraction of sp³-hybridized carbons (Fsp3) is 0.727. The molecule has 15 heavy (non-hydrogen) atoms. The van der Waals surface area contributed by atoms with Crippen molar-refractivity contribution >= 4 is 0 Å². The maximum absolute atomic E-state index is 4.53. The average Bonchev–Trinajstić information content (AvgIpc) is 2.49. The van der Waals surface area contributed by atoms with Crippen molar-refractivity contribution in [2.24, 2.45) is 7.05 Å². The van der Waals surface area contributed by atoms with Crippen molar-refractivity contribution in [3.8, 4) is 0 Å². The minimum atomic E-state index is 0.984. The van der Waals surface area contributed by atoms with Crippen LogP contribution in [0.4, 0.5) is 0 Å². The smallest absolute Gasteiger partial charge is 0.122 e. The zero-order valence-corrected chi connectivity index (χ0v) is 9.90. The Hall–Kier alpha value is -0.870. The van der Waals surface area contributed by atoms with Crippen LogP contribution in [0.5, 0.6) is 0 Å². The van der Waals surface area contributed by atoms with Gasteiger partial charge in [0.1, 0.15) is 5.82 Å². The van der Waals surface area contributed by atoms with Gasteiger partial charge in [-0.2, -0.15) is 0 Å². The van der Waals surface area contributed by atoms with Gasteiger partial charge in [-0.3, -0.25) is 4.90 Å². The lowest BCUT2D eigenvalue weighted by atomic mass is 10.3. The van der Waals surface area contributed by atoms with E-state index in [1.807, 2.05) is 6.92 Å². The molecule has 0 radical (unpaired) electrons. The summed E-state index contributed by atoms with van der Waals surface area (Å²) < 4.78 is 2.13. The van der Waals surface area contributed by atoms with E-state index in [0.717, 1.165) is 25.3 Å². The second-order valence-electron chi connectivity index (χ2n) is 4.49. The molecule has 4 heteroatoms. The van der Waals surface area contributed by atoms with Crippen molar-refractivity contribution in [3.05, 3.63) is 17.7 Å². The zero-order chi connectivity index (χ0) is 10.8. The quantitative estimate of drug-likeness (QED) is 0.706. The second-order valence-corrected chi connectivity index (χ2v) is 4.49. The lowest BCUT2D eigenvalue weighted by molar-refractivity contribution is 0.144. The van der Waals surface area contributed by atoms with E-state index in [0.29, 0.717) is 0 Å². The van der Waals surface area contributed by atoms with Crippen LogP contribution in [0.1, 0.15) is 11.5 Å². The number of aromatic nitrogens is 2. The molecule has 1 aliphatic rings. The lowest BCUT2D eigenvalue weighted by Crippen LogP contribution is -2.44. The van der Waals surface area contributed by atoms with E-state index in [2.05, 4.69) is 39.6 Å². The second kappa shape index (κ2) is 4.33. The minimum absolute atomic E-state index is 0.984. The molecule has 1 aromatic rings. The van der Waals surface area contributed by atoms with E-state index >= 15 is 0 Å². The molecule has 1 aromatic heterocycles. The van der Waals surface area contributed by atoms with Gasteiger partial charge >= 0.3 is 0 Å². The summed E-state index contributed by atoms with van der Waals surface area (Å²) in [5, 5.41) is 0. The number of hydrogen-bond acceptors (Lipinski definition) is 3. The van der Waals surface area contributed by atoms with Crippen molar-refractivity contribution in [3.63, 3.8) is 0 Å². The summed E-state index contributed by atoms with van der Waals surface area (Å²) in [6.45, 7) is 7.68. The number of aryl methyl sites for hydroxylation is 2. The minimum Gasteiger partial charge on any atom is -0.337 e. The van der Waals surface area contributed by atoms with Gasteiger partial charge in [0.05, 0.1) is 12.2 Å². The van der Waals surface area contributed by atoms with Gasteiger partial charge in [0.2, 0.25) is 0 Å². The first kappa shape index (κ1) is 10.6. The molecular formula is C11H20N4. The Bertz CT molecular complexity index is 323. The van der Waals surface area contributed by atoms with Crippen LogP contribution < -0.4 is 0 Å². The summed E-state index contributed by atoms with van der Waals surface area (Å²) in [5.74, 6) is 1.18. The highest BCUT2D eigenvalue weighted by molar-refractivity contribution is 5.01. The van der Waals surface area contributed by atoms with Crippen LogP contribution in [0.2, 0.25) is 0 Å². The Morgan fingerprint density at radius 3 is 2.40 bits per heavy atom. The predicted octanol–water partition coefficient (Wildman–Crippen LogP) is 0.476. The molecule has 0 unspecified atom stereocenters. The molecule has 0 spiro atoms. The van der Waals surface area contributed by atoms with Crippen LogP contribution in [-0.4, -0.2) is 52.6 Å². The van der Waals surface area contributed by atoms with E-state index in [-0.39, 0.29) is 0 Å². The van der Waals surface area contributed by atoms with Crippen LogP contribution in [0, 0.1) is 6.92 Å². The van der Waals surface area contributed by atoms with E-state index < -0.39 is 0 Å². The molecule has 0 N–H and O–H groups in total. The Morgan fingerprint density at radius 2 is 1.87 bits per heavy atom. The molecule has 2 rings (SSSR count). The first-order valence-electron chi connectivity index (χ1n) is 5.55. The highest BCUT2D eigenvalue weighted by atomic mass is 15.3. The number of piperazine rings is 1. The number of likely N-dealkylation sites (N-methyl/N-ethyl adjacent to an activating group) is 1. The van der Waals surface area contributed by atoms with Gasteiger partial charge in [-0.25, -0.2) is 4.98 Å². The standard InChI is InChI=1S/C11H20N4/c1-10-8-14(3)11(12-10)9-15-6-4-13(2)5-7-15/h8H,4-7,9H2,1-3H3. The molecule has 4 nitrogen and oxygen atoms in total. The first-order valence-corrected chi connectivity index (χ1v) is 5.55. The molecule has 0 saturated carbocycles. The van der Waals surface area contributed by atoms with E-state index in [9.17, 15) is 0 Å². The predicted molar refractivity (Wildman–Crippen MR) is 60.7 cm³/mol. The number of nitrogens with zero attached hydrogens (tertiary/aromatic N) is 4. The summed E-state index contributed by atoms with van der Waals surface area (Å²) in [5.41, 5.74) is 1.11. The van der Waals surface area contributed by atoms with Gasteiger partial charge in [-0.1, -0.05) is 0 Å². The van der Waals surface area contributed by atoms with Gasteiger partial charge in [0.25, 0.3) is 0 Å². The van der Waals surface area contributed by atoms with Gasteiger partial charge in [0, 0.05) is 39.4 Å². The SMILES string of the molecule is Cc1cn(C)c(CN2CCN(C)CC2)n1. The Kier molecular flexibility index (Phi) is 3.07. The summed E-state index contributed by atoms with van der Waals surface area (Å²) in [4.78, 5) is 9.38. The molecular weight excluding hydrogens is 188 g/mol. The lowest BCUT2D eigenvalue weighted by Gasteiger charge is -2.31. The maximum Gasteiger partial charge on any atom is 0.122 e. The van der Waals surface area contributed by atoms with E-state index in [4.69, 9.17) is 0 Å². The van der Waals surface area contributed by atoms with Crippen LogP contribution in [-0.2, 0) is 13.6 Å². The fourth-order valence-electron chi connectivity index (χ4n) is 2.02. The number of rotatable bonds is 2. The van der Waals surface area contributed by atoms with Crippen molar-refractivity contribution in [2.45, 2.75) is 13.5 Å². The maximum atomic E-state index is 4.53. The third-order valence-corrected chi connectivity index (χ3v) is 3.05. The number of hydrogen-bond donors (Lipinski definition) is 0. The van der Waals surface area contributed by atoms with Gasteiger partial charge in [-0.05, 0) is 14.0 Å². The Morgan fingerprint density at radius 1 is 1.20 bits per heavy atom. The van der Waals surface area contributed by atoms with Crippen molar-refractivity contribution < 1.29 is 0 Å². The fourth-order valence-corrected chi connectivity index (χ4v) is 2.02.